The fraction of sp³-hybridized carbons (Fsp3) is 0.467. The van der Waals surface area contributed by atoms with Crippen LogP contribution in [0.15, 0.2) is 43.5 Å². The number of benzene rings is 1. The summed E-state index contributed by atoms with van der Waals surface area (Å²) in [6.07, 6.45) is 5.09. The van der Waals surface area contributed by atoms with Crippen LogP contribution in [0.1, 0.15) is 31.7 Å². The van der Waals surface area contributed by atoms with Gasteiger partial charge in [0.1, 0.15) is 0 Å². The zero-order valence-corrected chi connectivity index (χ0v) is 11.3. The average molecular weight is 236 g/mol. The molecule has 1 atom stereocenters. The van der Waals surface area contributed by atoms with Crippen LogP contribution < -0.4 is 0 Å². The minimum atomic E-state index is 0.836. The molecule has 0 bridgehead atoms. The SMILES string of the molecule is C=C.CC(CCCS)CCc1ccccc1. The lowest BCUT2D eigenvalue weighted by molar-refractivity contribution is 0.488. The van der Waals surface area contributed by atoms with Crippen LogP contribution in [0.3, 0.4) is 0 Å². The molecule has 0 aliphatic rings. The highest BCUT2D eigenvalue weighted by atomic mass is 32.1. The molecule has 16 heavy (non-hydrogen) atoms. The zero-order valence-electron chi connectivity index (χ0n) is 10.4. The second-order valence-corrected chi connectivity index (χ2v) is 4.44. The second-order valence-electron chi connectivity index (χ2n) is 4.00. The lowest BCUT2D eigenvalue weighted by atomic mass is 9.97. The normalized spacial score (nSPS) is 11.4. The van der Waals surface area contributed by atoms with Gasteiger partial charge in [-0.05, 0) is 42.9 Å². The number of hydrogen-bond acceptors (Lipinski definition) is 1. The summed E-state index contributed by atoms with van der Waals surface area (Å²) in [7, 11) is 0. The van der Waals surface area contributed by atoms with Crippen molar-refractivity contribution in [2.24, 2.45) is 5.92 Å². The lowest BCUT2D eigenvalue weighted by Crippen LogP contribution is -1.97. The molecule has 0 aliphatic heterocycles. The molecule has 0 N–H and O–H groups in total. The van der Waals surface area contributed by atoms with E-state index >= 15 is 0 Å². The highest BCUT2D eigenvalue weighted by Gasteiger charge is 2.01. The highest BCUT2D eigenvalue weighted by Crippen LogP contribution is 2.14. The van der Waals surface area contributed by atoms with Gasteiger partial charge in [-0.1, -0.05) is 37.3 Å². The fourth-order valence-electron chi connectivity index (χ4n) is 1.64. The molecule has 0 saturated heterocycles. The summed E-state index contributed by atoms with van der Waals surface area (Å²) >= 11 is 4.23. The summed E-state index contributed by atoms with van der Waals surface area (Å²) in [5.41, 5.74) is 1.46. The molecule has 0 fully saturated rings. The van der Waals surface area contributed by atoms with E-state index in [4.69, 9.17) is 0 Å². The predicted octanol–water partition coefficient (Wildman–Crippen LogP) is 4.77. The van der Waals surface area contributed by atoms with E-state index in [1.807, 2.05) is 0 Å². The number of thiol groups is 1. The predicted molar refractivity (Wildman–Crippen MR) is 78.3 cm³/mol. The fourth-order valence-corrected chi connectivity index (χ4v) is 1.82. The van der Waals surface area contributed by atoms with Gasteiger partial charge in [0.05, 0.1) is 0 Å². The first-order valence-electron chi connectivity index (χ1n) is 5.97. The molecule has 90 valence electrons. The van der Waals surface area contributed by atoms with Crippen LogP contribution >= 0.6 is 12.6 Å². The molecular weight excluding hydrogens is 212 g/mol. The van der Waals surface area contributed by atoms with Crippen molar-refractivity contribution in [3.8, 4) is 0 Å². The molecule has 0 saturated carbocycles. The maximum Gasteiger partial charge on any atom is -0.00978 e. The molecule has 0 nitrogen and oxygen atoms in total. The summed E-state index contributed by atoms with van der Waals surface area (Å²) in [5.74, 6) is 1.86. The molecule has 0 aliphatic carbocycles. The van der Waals surface area contributed by atoms with Crippen molar-refractivity contribution in [3.63, 3.8) is 0 Å². The topological polar surface area (TPSA) is 0 Å². The Bertz CT molecular complexity index is 243. The van der Waals surface area contributed by atoms with E-state index in [0.717, 1.165) is 11.7 Å². The van der Waals surface area contributed by atoms with Gasteiger partial charge in [0.15, 0.2) is 0 Å². The Hall–Kier alpha value is -0.690. The molecule has 0 spiro atoms. The monoisotopic (exact) mass is 236 g/mol. The van der Waals surface area contributed by atoms with Crippen LogP contribution in [-0.4, -0.2) is 5.75 Å². The Balaban J connectivity index is 0.00000106. The number of rotatable bonds is 6. The van der Waals surface area contributed by atoms with E-state index in [-0.39, 0.29) is 0 Å². The van der Waals surface area contributed by atoms with Crippen LogP contribution in [-0.2, 0) is 6.42 Å². The van der Waals surface area contributed by atoms with Crippen molar-refractivity contribution in [2.75, 3.05) is 5.75 Å². The minimum absolute atomic E-state index is 0.836. The van der Waals surface area contributed by atoms with Gasteiger partial charge in [-0.15, -0.1) is 13.2 Å². The van der Waals surface area contributed by atoms with Crippen LogP contribution in [0.5, 0.6) is 0 Å². The maximum absolute atomic E-state index is 4.23. The first kappa shape index (κ1) is 15.3. The highest BCUT2D eigenvalue weighted by molar-refractivity contribution is 7.80. The quantitative estimate of drug-likeness (QED) is 0.534. The van der Waals surface area contributed by atoms with E-state index in [1.54, 1.807) is 0 Å². The maximum atomic E-state index is 4.23. The molecule has 1 aromatic rings. The Labute approximate surface area is 106 Å². The molecule has 1 aromatic carbocycles. The molecule has 0 amide bonds. The van der Waals surface area contributed by atoms with E-state index in [0.29, 0.717) is 0 Å². The third-order valence-electron chi connectivity index (χ3n) is 2.62. The first-order valence-corrected chi connectivity index (χ1v) is 6.61. The first-order chi connectivity index (χ1) is 7.83. The molecule has 1 rings (SSSR count). The Morgan fingerprint density at radius 2 is 1.75 bits per heavy atom. The molecule has 1 heteroatoms. The number of hydrogen-bond donors (Lipinski definition) is 1. The molecule has 0 radical (unpaired) electrons. The lowest BCUT2D eigenvalue weighted by Gasteiger charge is -2.09. The smallest absolute Gasteiger partial charge is 0.00978 e. The van der Waals surface area contributed by atoms with Crippen LogP contribution in [0.2, 0.25) is 0 Å². The average Bonchev–Trinajstić information content (AvgIpc) is 2.37. The van der Waals surface area contributed by atoms with E-state index < -0.39 is 0 Å². The van der Waals surface area contributed by atoms with Crippen molar-refractivity contribution in [3.05, 3.63) is 49.1 Å². The van der Waals surface area contributed by atoms with Crippen LogP contribution in [0, 0.1) is 5.92 Å². The Morgan fingerprint density at radius 1 is 1.12 bits per heavy atom. The largest absolute Gasteiger partial charge is 0.179 e. The second kappa shape index (κ2) is 10.8. The Kier molecular flexibility index (Phi) is 10.3. The third kappa shape index (κ3) is 7.58. The standard InChI is InChI=1S/C13H20S.C2H4/c1-12(6-5-11-14)9-10-13-7-3-2-4-8-13;1-2/h2-4,7-8,12,14H,5-6,9-11H2,1H3;1-2H2. The van der Waals surface area contributed by atoms with Crippen LogP contribution in [0.25, 0.3) is 0 Å². The summed E-state index contributed by atoms with van der Waals surface area (Å²) in [6.45, 7) is 8.34. The van der Waals surface area contributed by atoms with E-state index in [2.05, 4.69) is 63.0 Å². The van der Waals surface area contributed by atoms with Gasteiger partial charge in [-0.2, -0.15) is 12.6 Å². The summed E-state index contributed by atoms with van der Waals surface area (Å²) < 4.78 is 0. The van der Waals surface area contributed by atoms with Crippen molar-refractivity contribution >= 4 is 12.6 Å². The number of aryl methyl sites for hydroxylation is 1. The van der Waals surface area contributed by atoms with Gasteiger partial charge >= 0.3 is 0 Å². The molecular formula is C15H24S. The van der Waals surface area contributed by atoms with E-state index in [1.165, 1.54) is 31.2 Å². The Morgan fingerprint density at radius 3 is 2.31 bits per heavy atom. The summed E-state index contributed by atoms with van der Waals surface area (Å²) in [6, 6.07) is 10.7. The molecule has 0 aromatic heterocycles. The third-order valence-corrected chi connectivity index (χ3v) is 2.94. The van der Waals surface area contributed by atoms with Crippen LogP contribution in [0.4, 0.5) is 0 Å². The van der Waals surface area contributed by atoms with Crippen molar-refractivity contribution in [1.29, 1.82) is 0 Å². The van der Waals surface area contributed by atoms with Gasteiger partial charge in [0.2, 0.25) is 0 Å². The zero-order chi connectivity index (χ0) is 12.2. The van der Waals surface area contributed by atoms with Crippen molar-refractivity contribution in [1.82, 2.24) is 0 Å². The van der Waals surface area contributed by atoms with Gasteiger partial charge in [-0.3, -0.25) is 0 Å². The van der Waals surface area contributed by atoms with Gasteiger partial charge in [0.25, 0.3) is 0 Å². The summed E-state index contributed by atoms with van der Waals surface area (Å²) in [5, 5.41) is 0. The van der Waals surface area contributed by atoms with Gasteiger partial charge in [0, 0.05) is 0 Å². The minimum Gasteiger partial charge on any atom is -0.179 e. The van der Waals surface area contributed by atoms with Gasteiger partial charge < -0.3 is 0 Å². The molecule has 0 heterocycles. The summed E-state index contributed by atoms with van der Waals surface area (Å²) in [4.78, 5) is 0. The molecule has 1 unspecified atom stereocenters. The van der Waals surface area contributed by atoms with Crippen molar-refractivity contribution in [2.45, 2.75) is 32.6 Å². The van der Waals surface area contributed by atoms with E-state index in [9.17, 15) is 0 Å². The van der Waals surface area contributed by atoms with Gasteiger partial charge in [-0.25, -0.2) is 0 Å². The van der Waals surface area contributed by atoms with Crippen molar-refractivity contribution < 1.29 is 0 Å².